The first-order chi connectivity index (χ1) is 7.22. The van der Waals surface area contributed by atoms with Gasteiger partial charge in [0.15, 0.2) is 0 Å². The normalized spacial score (nSPS) is 10.6. The Morgan fingerprint density at radius 1 is 1.40 bits per heavy atom. The first-order valence-electron chi connectivity index (χ1n) is 4.43. The second-order valence-electron chi connectivity index (χ2n) is 2.94. The van der Waals surface area contributed by atoms with Gasteiger partial charge in [0.05, 0.1) is 18.1 Å². The van der Waals surface area contributed by atoms with Gasteiger partial charge in [-0.15, -0.1) is 10.2 Å². The minimum Gasteiger partial charge on any atom is -0.268 e. The molecule has 4 nitrogen and oxygen atoms in total. The molecule has 0 radical (unpaired) electrons. The van der Waals surface area contributed by atoms with Crippen LogP contribution < -0.4 is 0 Å². The van der Waals surface area contributed by atoms with Crippen molar-refractivity contribution < 1.29 is 4.39 Å². The van der Waals surface area contributed by atoms with E-state index >= 15 is 0 Å². The second-order valence-corrected chi connectivity index (χ2v) is 3.27. The molecule has 0 aliphatic heterocycles. The number of halogens is 2. The van der Waals surface area contributed by atoms with Crippen LogP contribution in [0.15, 0.2) is 18.5 Å². The lowest BCUT2D eigenvalue weighted by Crippen LogP contribution is -2.01. The Kier molecular flexibility index (Phi) is 2.64. The fourth-order valence-electron chi connectivity index (χ4n) is 1.30. The smallest absolute Gasteiger partial charge is 0.229 e. The fourth-order valence-corrected chi connectivity index (χ4v) is 1.54. The molecule has 0 N–H and O–H groups in total. The van der Waals surface area contributed by atoms with Gasteiger partial charge in [0.1, 0.15) is 11.6 Å². The van der Waals surface area contributed by atoms with Crippen LogP contribution in [0.3, 0.4) is 0 Å². The number of aryl methyl sites for hydroxylation is 1. The maximum atomic E-state index is 13.0. The van der Waals surface area contributed by atoms with Crippen LogP contribution in [0.5, 0.6) is 0 Å². The van der Waals surface area contributed by atoms with Gasteiger partial charge in [-0.1, -0.05) is 6.92 Å². The Balaban J connectivity index is 2.57. The van der Waals surface area contributed by atoms with Crippen LogP contribution in [0.2, 0.25) is 5.28 Å². The number of hydrogen-bond donors (Lipinski definition) is 0. The molecule has 0 unspecified atom stereocenters. The van der Waals surface area contributed by atoms with Crippen LogP contribution in [0.1, 0.15) is 12.7 Å². The quantitative estimate of drug-likeness (QED) is 0.787. The van der Waals surface area contributed by atoms with Crippen LogP contribution in [0.4, 0.5) is 4.39 Å². The molecule has 2 heterocycles. The molecule has 0 atom stereocenters. The largest absolute Gasteiger partial charge is 0.268 e. The molecule has 2 aromatic rings. The third kappa shape index (κ3) is 1.83. The molecule has 15 heavy (non-hydrogen) atoms. The van der Waals surface area contributed by atoms with Gasteiger partial charge in [0.25, 0.3) is 0 Å². The summed E-state index contributed by atoms with van der Waals surface area (Å²) in [7, 11) is 0. The molecule has 0 bridgehead atoms. The standard InChI is InChI=1S/C9H8ClFN4/c1-2-8-13-14-9(10)15(8)7-3-6(11)4-12-5-7/h3-5H,2H2,1H3. The zero-order valence-corrected chi connectivity index (χ0v) is 8.74. The molecule has 78 valence electrons. The Hall–Kier alpha value is -1.49. The molecule has 0 saturated carbocycles. The number of pyridine rings is 1. The Morgan fingerprint density at radius 3 is 2.87 bits per heavy atom. The summed E-state index contributed by atoms with van der Waals surface area (Å²) in [5, 5.41) is 7.80. The lowest BCUT2D eigenvalue weighted by atomic mass is 10.3. The molecule has 0 fully saturated rings. The van der Waals surface area contributed by atoms with Crippen molar-refractivity contribution >= 4 is 11.6 Å². The van der Waals surface area contributed by atoms with Crippen molar-refractivity contribution in [3.63, 3.8) is 0 Å². The van der Waals surface area contributed by atoms with Crippen molar-refractivity contribution in [1.82, 2.24) is 19.7 Å². The lowest BCUT2D eigenvalue weighted by molar-refractivity contribution is 0.619. The summed E-state index contributed by atoms with van der Waals surface area (Å²) >= 11 is 5.85. The molecule has 0 spiro atoms. The summed E-state index contributed by atoms with van der Waals surface area (Å²) in [5.74, 6) is 0.256. The second kappa shape index (κ2) is 3.94. The molecule has 0 aliphatic carbocycles. The first kappa shape index (κ1) is 10.0. The van der Waals surface area contributed by atoms with Crippen molar-refractivity contribution in [1.29, 1.82) is 0 Å². The van der Waals surface area contributed by atoms with E-state index < -0.39 is 5.82 Å². The van der Waals surface area contributed by atoms with Crippen LogP contribution in [-0.2, 0) is 6.42 Å². The number of rotatable bonds is 2. The zero-order chi connectivity index (χ0) is 10.8. The van der Waals surface area contributed by atoms with Crippen LogP contribution in [-0.4, -0.2) is 19.7 Å². The molecule has 0 aliphatic rings. The summed E-state index contributed by atoms with van der Waals surface area (Å²) < 4.78 is 14.5. The van der Waals surface area contributed by atoms with Gasteiger partial charge >= 0.3 is 0 Å². The van der Waals surface area contributed by atoms with Crippen LogP contribution >= 0.6 is 11.6 Å². The average molecular weight is 227 g/mol. The summed E-state index contributed by atoms with van der Waals surface area (Å²) in [6.45, 7) is 1.92. The van der Waals surface area contributed by atoms with E-state index in [0.29, 0.717) is 17.9 Å². The van der Waals surface area contributed by atoms with E-state index in [0.717, 1.165) is 6.20 Å². The van der Waals surface area contributed by atoms with Crippen molar-refractivity contribution in [2.45, 2.75) is 13.3 Å². The highest BCUT2D eigenvalue weighted by atomic mass is 35.5. The minimum atomic E-state index is -0.417. The summed E-state index contributed by atoms with van der Waals surface area (Å²) in [6, 6.07) is 1.33. The first-order valence-corrected chi connectivity index (χ1v) is 4.81. The highest BCUT2D eigenvalue weighted by Gasteiger charge is 2.11. The average Bonchev–Trinajstić information content (AvgIpc) is 2.59. The van der Waals surface area contributed by atoms with Gasteiger partial charge < -0.3 is 0 Å². The van der Waals surface area contributed by atoms with Gasteiger partial charge in [-0.2, -0.15) is 0 Å². The molecule has 0 aromatic carbocycles. The molecule has 2 aromatic heterocycles. The summed E-state index contributed by atoms with van der Waals surface area (Å²) in [4.78, 5) is 3.75. The molecule has 6 heteroatoms. The highest BCUT2D eigenvalue weighted by molar-refractivity contribution is 6.28. The van der Waals surface area contributed by atoms with Crippen LogP contribution in [0, 0.1) is 5.82 Å². The van der Waals surface area contributed by atoms with Gasteiger partial charge in [-0.25, -0.2) is 4.39 Å². The molecule has 2 rings (SSSR count). The molecular formula is C9H8ClFN4. The van der Waals surface area contributed by atoms with E-state index in [-0.39, 0.29) is 5.28 Å². The van der Waals surface area contributed by atoms with E-state index in [9.17, 15) is 4.39 Å². The van der Waals surface area contributed by atoms with Crippen molar-refractivity contribution in [2.24, 2.45) is 0 Å². The number of aromatic nitrogens is 4. The maximum Gasteiger partial charge on any atom is 0.229 e. The van der Waals surface area contributed by atoms with Crippen molar-refractivity contribution in [3.8, 4) is 5.69 Å². The SMILES string of the molecule is CCc1nnc(Cl)n1-c1cncc(F)c1. The lowest BCUT2D eigenvalue weighted by Gasteiger charge is -2.05. The van der Waals surface area contributed by atoms with Gasteiger partial charge in [-0.3, -0.25) is 9.55 Å². The number of hydrogen-bond acceptors (Lipinski definition) is 3. The Morgan fingerprint density at radius 2 is 2.20 bits per heavy atom. The van der Waals surface area contributed by atoms with Gasteiger partial charge in [0.2, 0.25) is 5.28 Å². The Labute approximate surface area is 90.7 Å². The predicted octanol–water partition coefficient (Wildman–Crippen LogP) is 2.02. The van der Waals surface area contributed by atoms with Crippen molar-refractivity contribution in [3.05, 3.63) is 35.4 Å². The minimum absolute atomic E-state index is 0.208. The van der Waals surface area contributed by atoms with E-state index in [1.807, 2.05) is 6.92 Å². The fraction of sp³-hybridized carbons (Fsp3) is 0.222. The third-order valence-corrected chi connectivity index (χ3v) is 2.20. The zero-order valence-electron chi connectivity index (χ0n) is 7.98. The highest BCUT2D eigenvalue weighted by Crippen LogP contribution is 2.16. The monoisotopic (exact) mass is 226 g/mol. The van der Waals surface area contributed by atoms with E-state index in [1.54, 1.807) is 4.57 Å². The Bertz CT molecular complexity index is 483. The van der Waals surface area contributed by atoms with E-state index in [2.05, 4.69) is 15.2 Å². The van der Waals surface area contributed by atoms with Gasteiger partial charge in [-0.05, 0) is 11.6 Å². The third-order valence-electron chi connectivity index (χ3n) is 1.96. The molecule has 0 amide bonds. The van der Waals surface area contributed by atoms with Gasteiger partial charge in [0, 0.05) is 12.5 Å². The topological polar surface area (TPSA) is 43.6 Å². The van der Waals surface area contributed by atoms with Crippen LogP contribution in [0.25, 0.3) is 5.69 Å². The van der Waals surface area contributed by atoms with Crippen molar-refractivity contribution in [2.75, 3.05) is 0 Å². The summed E-state index contributed by atoms with van der Waals surface area (Å²) in [5.41, 5.74) is 0.529. The molecule has 0 saturated heterocycles. The van der Waals surface area contributed by atoms with E-state index in [1.165, 1.54) is 12.3 Å². The maximum absolute atomic E-state index is 13.0. The predicted molar refractivity (Wildman–Crippen MR) is 53.5 cm³/mol. The number of nitrogens with zero attached hydrogens (tertiary/aromatic N) is 4. The summed E-state index contributed by atoms with van der Waals surface area (Å²) in [6.07, 6.45) is 3.31. The molecular weight excluding hydrogens is 219 g/mol. The van der Waals surface area contributed by atoms with E-state index in [4.69, 9.17) is 11.6 Å².